The van der Waals surface area contributed by atoms with Crippen molar-refractivity contribution in [3.8, 4) is 17.4 Å². The van der Waals surface area contributed by atoms with Crippen molar-refractivity contribution >= 4 is 5.91 Å². The summed E-state index contributed by atoms with van der Waals surface area (Å²) in [6, 6.07) is 15.2. The van der Waals surface area contributed by atoms with Crippen LogP contribution in [0, 0.1) is 17.1 Å². The fraction of sp³-hybridized carbons (Fsp3) is 0.190. The minimum absolute atomic E-state index is 0.0427. The van der Waals surface area contributed by atoms with Crippen molar-refractivity contribution in [2.75, 3.05) is 7.05 Å². The maximum absolute atomic E-state index is 13.0. The van der Waals surface area contributed by atoms with Gasteiger partial charge in [-0.3, -0.25) is 4.79 Å². The van der Waals surface area contributed by atoms with Crippen molar-refractivity contribution in [3.05, 3.63) is 77.6 Å². The minimum Gasteiger partial charge on any atom is -0.441 e. The van der Waals surface area contributed by atoms with E-state index >= 15 is 0 Å². The van der Waals surface area contributed by atoms with Gasteiger partial charge in [0.2, 0.25) is 5.91 Å². The summed E-state index contributed by atoms with van der Waals surface area (Å²) < 4.78 is 18.6. The molecule has 0 aliphatic heterocycles. The Bertz CT molecular complexity index is 974. The Labute approximate surface area is 156 Å². The Hall–Kier alpha value is -3.46. The summed E-state index contributed by atoms with van der Waals surface area (Å²) in [6.45, 7) is 0.431. The van der Waals surface area contributed by atoms with E-state index in [9.17, 15) is 9.18 Å². The predicted molar refractivity (Wildman–Crippen MR) is 97.8 cm³/mol. The zero-order valence-corrected chi connectivity index (χ0v) is 14.9. The molecule has 0 aliphatic carbocycles. The molecule has 6 heteroatoms. The predicted octanol–water partition coefficient (Wildman–Crippen LogP) is 3.94. The van der Waals surface area contributed by atoms with Gasteiger partial charge in [-0.15, -0.1) is 0 Å². The number of hydrogen-bond donors (Lipinski definition) is 0. The second kappa shape index (κ2) is 8.28. The number of oxazole rings is 1. The third-order valence-corrected chi connectivity index (χ3v) is 4.14. The summed E-state index contributed by atoms with van der Waals surface area (Å²) in [6.07, 6.45) is 2.21. The first-order valence-corrected chi connectivity index (χ1v) is 8.49. The van der Waals surface area contributed by atoms with Gasteiger partial charge in [0.1, 0.15) is 5.82 Å². The minimum atomic E-state index is -0.313. The molecule has 27 heavy (non-hydrogen) atoms. The molecule has 0 aliphatic rings. The molecular weight excluding hydrogens is 345 g/mol. The third kappa shape index (κ3) is 4.79. The number of benzene rings is 2. The number of nitrogens with zero attached hydrogens (tertiary/aromatic N) is 3. The lowest BCUT2D eigenvalue weighted by Gasteiger charge is -2.17. The molecule has 0 bridgehead atoms. The smallest absolute Gasteiger partial charge is 0.223 e. The summed E-state index contributed by atoms with van der Waals surface area (Å²) in [5.41, 5.74) is 2.21. The van der Waals surface area contributed by atoms with Gasteiger partial charge in [0.05, 0.1) is 17.8 Å². The Balaban J connectivity index is 1.55. The molecule has 136 valence electrons. The van der Waals surface area contributed by atoms with Crippen LogP contribution in [0.25, 0.3) is 11.3 Å². The number of halogens is 1. The number of nitriles is 1. The Morgan fingerprint density at radius 1 is 1.26 bits per heavy atom. The topological polar surface area (TPSA) is 70.1 Å². The summed E-state index contributed by atoms with van der Waals surface area (Å²) in [7, 11) is 1.72. The Kier molecular flexibility index (Phi) is 5.62. The van der Waals surface area contributed by atoms with Crippen LogP contribution in [-0.4, -0.2) is 22.8 Å². The van der Waals surface area contributed by atoms with E-state index < -0.39 is 0 Å². The maximum Gasteiger partial charge on any atom is 0.223 e. The molecule has 0 radical (unpaired) electrons. The highest BCUT2D eigenvalue weighted by Crippen LogP contribution is 2.21. The van der Waals surface area contributed by atoms with Gasteiger partial charge in [-0.1, -0.05) is 12.1 Å². The van der Waals surface area contributed by atoms with Crippen LogP contribution in [0.15, 0.2) is 59.1 Å². The molecule has 2 aromatic carbocycles. The van der Waals surface area contributed by atoms with Crippen molar-refractivity contribution < 1.29 is 13.6 Å². The molecule has 0 atom stereocenters. The van der Waals surface area contributed by atoms with E-state index in [0.717, 1.165) is 11.1 Å². The van der Waals surface area contributed by atoms with E-state index in [0.29, 0.717) is 30.2 Å². The SMILES string of the molecule is CN(Cc1cccc(C#N)c1)C(=O)CCc1ncc(-c2ccc(F)cc2)o1. The van der Waals surface area contributed by atoms with Crippen LogP contribution in [0.2, 0.25) is 0 Å². The fourth-order valence-corrected chi connectivity index (χ4v) is 2.68. The lowest BCUT2D eigenvalue weighted by Crippen LogP contribution is -2.26. The van der Waals surface area contributed by atoms with E-state index in [-0.39, 0.29) is 18.1 Å². The normalized spacial score (nSPS) is 10.4. The van der Waals surface area contributed by atoms with Crippen molar-refractivity contribution in [2.24, 2.45) is 0 Å². The highest BCUT2D eigenvalue weighted by molar-refractivity contribution is 5.76. The average Bonchev–Trinajstić information content (AvgIpc) is 3.15. The van der Waals surface area contributed by atoms with Crippen LogP contribution in [-0.2, 0) is 17.8 Å². The lowest BCUT2D eigenvalue weighted by molar-refractivity contribution is -0.130. The second-order valence-electron chi connectivity index (χ2n) is 6.19. The number of rotatable bonds is 6. The number of amides is 1. The quantitative estimate of drug-likeness (QED) is 0.665. The van der Waals surface area contributed by atoms with Gasteiger partial charge in [-0.25, -0.2) is 9.37 Å². The molecule has 0 spiro atoms. The van der Waals surface area contributed by atoms with Crippen LogP contribution in [0.5, 0.6) is 0 Å². The first-order valence-electron chi connectivity index (χ1n) is 8.49. The summed E-state index contributed by atoms with van der Waals surface area (Å²) >= 11 is 0. The van der Waals surface area contributed by atoms with E-state index in [1.54, 1.807) is 48.5 Å². The highest BCUT2D eigenvalue weighted by atomic mass is 19.1. The van der Waals surface area contributed by atoms with Crippen molar-refractivity contribution in [1.82, 2.24) is 9.88 Å². The number of carbonyl (C=O) groups is 1. The standard InChI is InChI=1S/C21H18FN3O2/c1-25(14-16-4-2-3-15(11-16)12-23)21(26)10-9-20-24-13-19(27-20)17-5-7-18(22)8-6-17/h2-8,11,13H,9-10,14H2,1H3. The molecule has 1 aromatic heterocycles. The number of aromatic nitrogens is 1. The second-order valence-corrected chi connectivity index (χ2v) is 6.19. The van der Waals surface area contributed by atoms with Crippen LogP contribution < -0.4 is 0 Å². The van der Waals surface area contributed by atoms with Gasteiger partial charge in [0.25, 0.3) is 0 Å². The van der Waals surface area contributed by atoms with E-state index in [2.05, 4.69) is 11.1 Å². The molecule has 0 N–H and O–H groups in total. The van der Waals surface area contributed by atoms with Gasteiger partial charge in [0, 0.05) is 32.0 Å². The molecule has 0 saturated carbocycles. The van der Waals surface area contributed by atoms with Gasteiger partial charge in [-0.2, -0.15) is 5.26 Å². The van der Waals surface area contributed by atoms with Crippen molar-refractivity contribution in [2.45, 2.75) is 19.4 Å². The van der Waals surface area contributed by atoms with Crippen molar-refractivity contribution in [1.29, 1.82) is 5.26 Å². The summed E-state index contributed by atoms with van der Waals surface area (Å²) in [5.74, 6) is 0.646. The zero-order chi connectivity index (χ0) is 19.2. The molecule has 1 amide bonds. The number of aryl methyl sites for hydroxylation is 1. The Morgan fingerprint density at radius 3 is 2.78 bits per heavy atom. The van der Waals surface area contributed by atoms with Crippen molar-refractivity contribution in [3.63, 3.8) is 0 Å². The molecule has 3 rings (SSSR count). The van der Waals surface area contributed by atoms with Gasteiger partial charge in [0.15, 0.2) is 11.7 Å². The van der Waals surface area contributed by atoms with Crippen LogP contribution >= 0.6 is 0 Å². The Morgan fingerprint density at radius 2 is 2.04 bits per heavy atom. The van der Waals surface area contributed by atoms with Crippen LogP contribution in [0.1, 0.15) is 23.4 Å². The van der Waals surface area contributed by atoms with Gasteiger partial charge >= 0.3 is 0 Å². The molecular formula is C21H18FN3O2. The van der Waals surface area contributed by atoms with Gasteiger partial charge < -0.3 is 9.32 Å². The first-order chi connectivity index (χ1) is 13.0. The monoisotopic (exact) mass is 363 g/mol. The van der Waals surface area contributed by atoms with E-state index in [1.165, 1.54) is 12.1 Å². The molecule has 3 aromatic rings. The average molecular weight is 363 g/mol. The molecule has 0 unspecified atom stereocenters. The summed E-state index contributed by atoms with van der Waals surface area (Å²) in [5, 5.41) is 8.95. The zero-order valence-electron chi connectivity index (χ0n) is 14.9. The summed E-state index contributed by atoms with van der Waals surface area (Å²) in [4.78, 5) is 18.1. The molecule has 0 fully saturated rings. The van der Waals surface area contributed by atoms with E-state index in [4.69, 9.17) is 9.68 Å². The number of carbonyl (C=O) groups excluding carboxylic acids is 1. The van der Waals surface area contributed by atoms with Crippen LogP contribution in [0.3, 0.4) is 0 Å². The third-order valence-electron chi connectivity index (χ3n) is 4.14. The largest absolute Gasteiger partial charge is 0.441 e. The molecule has 0 saturated heterocycles. The fourth-order valence-electron chi connectivity index (χ4n) is 2.68. The molecule has 1 heterocycles. The van der Waals surface area contributed by atoms with E-state index in [1.807, 2.05) is 6.07 Å². The molecule has 5 nitrogen and oxygen atoms in total. The lowest BCUT2D eigenvalue weighted by atomic mass is 10.1. The van der Waals surface area contributed by atoms with Gasteiger partial charge in [-0.05, 0) is 42.0 Å². The number of hydrogen-bond acceptors (Lipinski definition) is 4. The van der Waals surface area contributed by atoms with Crippen LogP contribution in [0.4, 0.5) is 4.39 Å². The highest BCUT2D eigenvalue weighted by Gasteiger charge is 2.13. The first kappa shape index (κ1) is 18.3. The maximum atomic E-state index is 13.0.